The summed E-state index contributed by atoms with van der Waals surface area (Å²) in [6, 6.07) is 7.83. The summed E-state index contributed by atoms with van der Waals surface area (Å²) in [7, 11) is 1.65. The zero-order valence-electron chi connectivity index (χ0n) is 10.2. The van der Waals surface area contributed by atoms with Crippen molar-refractivity contribution < 1.29 is 9.84 Å². The number of aliphatic hydroxyl groups excluding tert-OH is 1. The van der Waals surface area contributed by atoms with Gasteiger partial charge in [-0.1, -0.05) is 18.2 Å². The van der Waals surface area contributed by atoms with Gasteiger partial charge >= 0.3 is 0 Å². The fourth-order valence-corrected chi connectivity index (χ4v) is 2.62. The summed E-state index contributed by atoms with van der Waals surface area (Å²) in [5.74, 6) is 0.783. The zero-order valence-corrected chi connectivity index (χ0v) is 11.0. The molecule has 0 aliphatic carbocycles. The van der Waals surface area contributed by atoms with Crippen LogP contribution in [0.25, 0.3) is 0 Å². The molecule has 0 aliphatic rings. The summed E-state index contributed by atoms with van der Waals surface area (Å²) in [4.78, 5) is 0.937. The van der Waals surface area contributed by atoms with Crippen molar-refractivity contribution >= 4 is 11.3 Å². The predicted octanol–water partition coefficient (Wildman–Crippen LogP) is 3.46. The van der Waals surface area contributed by atoms with Crippen LogP contribution in [0.1, 0.15) is 27.7 Å². The number of ether oxygens (including phenoxy) is 1. The van der Waals surface area contributed by atoms with Crippen molar-refractivity contribution in [2.45, 2.75) is 20.0 Å². The number of hydrogen-bond acceptors (Lipinski definition) is 3. The third kappa shape index (κ3) is 2.21. The molecule has 0 fully saturated rings. The molecule has 1 N–H and O–H groups in total. The van der Waals surface area contributed by atoms with Crippen molar-refractivity contribution in [3.05, 3.63) is 51.2 Å². The number of benzene rings is 1. The summed E-state index contributed by atoms with van der Waals surface area (Å²) in [5, 5.41) is 12.3. The molecule has 0 amide bonds. The SMILES string of the molecule is COc1c(C(O)c2cccs2)ccc(C)c1C. The number of methoxy groups -OCH3 is 1. The van der Waals surface area contributed by atoms with Crippen LogP contribution in [0.4, 0.5) is 0 Å². The minimum Gasteiger partial charge on any atom is -0.496 e. The van der Waals surface area contributed by atoms with Crippen molar-refractivity contribution in [2.24, 2.45) is 0 Å². The molecule has 1 aromatic heterocycles. The summed E-state index contributed by atoms with van der Waals surface area (Å²) < 4.78 is 5.42. The number of thiophene rings is 1. The molecule has 0 spiro atoms. The molecule has 2 aromatic rings. The second-order valence-electron chi connectivity index (χ2n) is 4.05. The largest absolute Gasteiger partial charge is 0.496 e. The molecular weight excluding hydrogens is 232 g/mol. The van der Waals surface area contributed by atoms with Crippen molar-refractivity contribution in [3.8, 4) is 5.75 Å². The fraction of sp³-hybridized carbons (Fsp3) is 0.286. The van der Waals surface area contributed by atoms with E-state index in [0.717, 1.165) is 21.8 Å². The van der Waals surface area contributed by atoms with Gasteiger partial charge in [0.25, 0.3) is 0 Å². The van der Waals surface area contributed by atoms with Gasteiger partial charge in [0.15, 0.2) is 0 Å². The maximum absolute atomic E-state index is 10.3. The minimum atomic E-state index is -0.607. The minimum absolute atomic E-state index is 0.607. The molecule has 2 rings (SSSR count). The zero-order chi connectivity index (χ0) is 12.4. The van der Waals surface area contributed by atoms with Gasteiger partial charge in [-0.25, -0.2) is 0 Å². The molecule has 1 heterocycles. The Morgan fingerprint density at radius 3 is 2.59 bits per heavy atom. The second-order valence-corrected chi connectivity index (χ2v) is 5.03. The molecule has 0 saturated carbocycles. The topological polar surface area (TPSA) is 29.5 Å². The lowest BCUT2D eigenvalue weighted by Crippen LogP contribution is -2.03. The van der Waals surface area contributed by atoms with E-state index in [1.807, 2.05) is 43.5 Å². The Bertz CT molecular complexity index is 503. The Labute approximate surface area is 105 Å². The van der Waals surface area contributed by atoms with Crippen LogP contribution in [-0.4, -0.2) is 12.2 Å². The first-order valence-electron chi connectivity index (χ1n) is 5.50. The van der Waals surface area contributed by atoms with Crippen LogP contribution >= 0.6 is 11.3 Å². The summed E-state index contributed by atoms with van der Waals surface area (Å²) in [6.45, 7) is 4.05. The molecule has 1 atom stereocenters. The quantitative estimate of drug-likeness (QED) is 0.901. The van der Waals surface area contributed by atoms with Crippen LogP contribution in [0, 0.1) is 13.8 Å². The summed E-state index contributed by atoms with van der Waals surface area (Å²) in [6.07, 6.45) is -0.607. The number of aryl methyl sites for hydroxylation is 1. The van der Waals surface area contributed by atoms with Gasteiger partial charge in [0.05, 0.1) is 7.11 Å². The van der Waals surface area contributed by atoms with E-state index < -0.39 is 6.10 Å². The summed E-state index contributed by atoms with van der Waals surface area (Å²) in [5.41, 5.74) is 3.09. The van der Waals surface area contributed by atoms with Gasteiger partial charge in [-0.05, 0) is 36.4 Å². The number of aliphatic hydroxyl groups is 1. The van der Waals surface area contributed by atoms with E-state index in [2.05, 4.69) is 0 Å². The van der Waals surface area contributed by atoms with Gasteiger partial charge < -0.3 is 9.84 Å². The Balaban J connectivity index is 2.49. The second kappa shape index (κ2) is 4.90. The van der Waals surface area contributed by atoms with E-state index in [-0.39, 0.29) is 0 Å². The Hall–Kier alpha value is -1.32. The maximum atomic E-state index is 10.3. The molecule has 17 heavy (non-hydrogen) atoms. The third-order valence-corrected chi connectivity index (χ3v) is 3.94. The molecule has 90 valence electrons. The van der Waals surface area contributed by atoms with E-state index >= 15 is 0 Å². The van der Waals surface area contributed by atoms with Crippen LogP contribution < -0.4 is 4.74 Å². The highest BCUT2D eigenvalue weighted by Crippen LogP contribution is 2.35. The van der Waals surface area contributed by atoms with Crippen molar-refractivity contribution in [1.82, 2.24) is 0 Å². The van der Waals surface area contributed by atoms with Crippen molar-refractivity contribution in [3.63, 3.8) is 0 Å². The number of hydrogen-bond donors (Lipinski definition) is 1. The lowest BCUT2D eigenvalue weighted by molar-refractivity contribution is 0.218. The van der Waals surface area contributed by atoms with Crippen LogP contribution in [0.2, 0.25) is 0 Å². The van der Waals surface area contributed by atoms with Crippen molar-refractivity contribution in [2.75, 3.05) is 7.11 Å². The molecule has 0 aliphatic heterocycles. The molecular formula is C14H16O2S. The highest BCUT2D eigenvalue weighted by Gasteiger charge is 2.18. The van der Waals surface area contributed by atoms with E-state index in [1.54, 1.807) is 18.4 Å². The first kappa shape index (κ1) is 12.1. The maximum Gasteiger partial charge on any atom is 0.128 e. The molecule has 1 unspecified atom stereocenters. The molecule has 0 radical (unpaired) electrons. The van der Waals surface area contributed by atoms with Gasteiger partial charge in [-0.15, -0.1) is 11.3 Å². The predicted molar refractivity (Wildman–Crippen MR) is 70.8 cm³/mol. The van der Waals surface area contributed by atoms with Gasteiger partial charge in [-0.2, -0.15) is 0 Å². The Morgan fingerprint density at radius 2 is 2.00 bits per heavy atom. The average Bonchev–Trinajstić information content (AvgIpc) is 2.85. The van der Waals surface area contributed by atoms with Gasteiger partial charge in [0.1, 0.15) is 11.9 Å². The van der Waals surface area contributed by atoms with Crippen LogP contribution in [0.15, 0.2) is 29.6 Å². The first-order chi connectivity index (χ1) is 8.15. The highest BCUT2D eigenvalue weighted by molar-refractivity contribution is 7.10. The van der Waals surface area contributed by atoms with Crippen molar-refractivity contribution in [1.29, 1.82) is 0 Å². The standard InChI is InChI=1S/C14H16O2S/c1-9-6-7-11(14(16-3)10(9)2)13(15)12-5-4-8-17-12/h4-8,13,15H,1-3H3. The van der Waals surface area contributed by atoms with Crippen LogP contribution in [-0.2, 0) is 0 Å². The lowest BCUT2D eigenvalue weighted by atomic mass is 10.00. The molecule has 1 aromatic carbocycles. The monoisotopic (exact) mass is 248 g/mol. The number of rotatable bonds is 3. The average molecular weight is 248 g/mol. The lowest BCUT2D eigenvalue weighted by Gasteiger charge is -2.17. The van der Waals surface area contributed by atoms with E-state index in [0.29, 0.717) is 0 Å². The van der Waals surface area contributed by atoms with E-state index in [9.17, 15) is 5.11 Å². The smallest absolute Gasteiger partial charge is 0.128 e. The van der Waals surface area contributed by atoms with Crippen LogP contribution in [0.3, 0.4) is 0 Å². The fourth-order valence-electron chi connectivity index (χ4n) is 1.90. The van der Waals surface area contributed by atoms with Crippen LogP contribution in [0.5, 0.6) is 5.75 Å². The van der Waals surface area contributed by atoms with Gasteiger partial charge in [-0.3, -0.25) is 0 Å². The van der Waals surface area contributed by atoms with Gasteiger partial charge in [0, 0.05) is 10.4 Å². The first-order valence-corrected chi connectivity index (χ1v) is 6.38. The Morgan fingerprint density at radius 1 is 1.24 bits per heavy atom. The Kier molecular flexibility index (Phi) is 3.50. The molecule has 0 saturated heterocycles. The highest BCUT2D eigenvalue weighted by atomic mass is 32.1. The normalized spacial score (nSPS) is 12.5. The van der Waals surface area contributed by atoms with E-state index in [1.165, 1.54) is 5.56 Å². The summed E-state index contributed by atoms with van der Waals surface area (Å²) >= 11 is 1.55. The third-order valence-electron chi connectivity index (χ3n) is 3.02. The van der Waals surface area contributed by atoms with Gasteiger partial charge in [0.2, 0.25) is 0 Å². The molecule has 3 heteroatoms. The van der Waals surface area contributed by atoms with E-state index in [4.69, 9.17) is 4.74 Å². The molecule has 2 nitrogen and oxygen atoms in total. The molecule has 0 bridgehead atoms.